The van der Waals surface area contributed by atoms with Crippen LogP contribution in [0.3, 0.4) is 0 Å². The average Bonchev–Trinajstić information content (AvgIpc) is 2.19. The predicted molar refractivity (Wildman–Crippen MR) is 65.0 cm³/mol. The fourth-order valence-corrected chi connectivity index (χ4v) is 2.16. The number of hydrogen-bond acceptors (Lipinski definition) is 3. The Kier molecular flexibility index (Phi) is 4.58. The Balaban J connectivity index is 2.91. The summed E-state index contributed by atoms with van der Waals surface area (Å²) in [7, 11) is 0. The van der Waals surface area contributed by atoms with E-state index in [4.69, 9.17) is 23.1 Å². The van der Waals surface area contributed by atoms with E-state index < -0.39 is 0 Å². The number of nitrogen functional groups attached to an aromatic ring is 1. The van der Waals surface area contributed by atoms with Gasteiger partial charge in [0.2, 0.25) is 0 Å². The van der Waals surface area contributed by atoms with Gasteiger partial charge in [-0.1, -0.05) is 11.6 Å². The second kappa shape index (κ2) is 5.49. The summed E-state index contributed by atoms with van der Waals surface area (Å²) in [6.07, 6.45) is 3.94. The molecule has 78 valence electrons. The van der Waals surface area contributed by atoms with E-state index in [0.29, 0.717) is 17.3 Å². The summed E-state index contributed by atoms with van der Waals surface area (Å²) < 4.78 is 0. The lowest BCUT2D eigenvalue weighted by Crippen LogP contribution is -2.01. The minimum atomic E-state index is 0.642. The van der Waals surface area contributed by atoms with Gasteiger partial charge in [0.25, 0.3) is 0 Å². The summed E-state index contributed by atoms with van der Waals surface area (Å²) in [5.74, 6) is 0. The zero-order chi connectivity index (χ0) is 10.6. The van der Waals surface area contributed by atoms with Gasteiger partial charge in [0.15, 0.2) is 0 Å². The number of benzene rings is 1. The Morgan fingerprint density at radius 3 is 2.71 bits per heavy atom. The molecule has 0 bridgehead atoms. The average molecular weight is 231 g/mol. The van der Waals surface area contributed by atoms with Gasteiger partial charge in [0, 0.05) is 4.90 Å². The number of hydrogen-bond donors (Lipinski definition) is 2. The van der Waals surface area contributed by atoms with Crippen LogP contribution < -0.4 is 11.5 Å². The normalized spacial score (nSPS) is 10.5. The van der Waals surface area contributed by atoms with Crippen molar-refractivity contribution in [2.45, 2.75) is 17.7 Å². The summed E-state index contributed by atoms with van der Waals surface area (Å²) in [6, 6.07) is 4.01. The molecule has 2 nitrogen and oxygen atoms in total. The fraction of sp³-hybridized carbons (Fsp3) is 0.400. The number of halogens is 1. The first-order valence-corrected chi connectivity index (χ1v) is 6.11. The van der Waals surface area contributed by atoms with Crippen molar-refractivity contribution >= 4 is 29.1 Å². The zero-order valence-corrected chi connectivity index (χ0v) is 9.79. The number of rotatable bonds is 4. The third-order valence-corrected chi connectivity index (χ3v) is 3.13. The van der Waals surface area contributed by atoms with E-state index >= 15 is 0 Å². The van der Waals surface area contributed by atoms with Crippen molar-refractivity contribution in [2.24, 2.45) is 5.73 Å². The Labute approximate surface area is 94.0 Å². The molecule has 0 aliphatic rings. The van der Waals surface area contributed by atoms with E-state index in [2.05, 4.69) is 6.07 Å². The van der Waals surface area contributed by atoms with Gasteiger partial charge in [0.05, 0.1) is 10.7 Å². The molecule has 0 radical (unpaired) electrons. The van der Waals surface area contributed by atoms with E-state index in [1.165, 1.54) is 5.56 Å². The summed E-state index contributed by atoms with van der Waals surface area (Å²) in [5.41, 5.74) is 13.1. The molecular weight excluding hydrogens is 216 g/mol. The lowest BCUT2D eigenvalue weighted by Gasteiger charge is -2.08. The van der Waals surface area contributed by atoms with Crippen molar-refractivity contribution in [2.75, 3.05) is 18.5 Å². The molecule has 0 atom stereocenters. The molecule has 0 heterocycles. The van der Waals surface area contributed by atoms with Crippen molar-refractivity contribution in [1.82, 2.24) is 0 Å². The molecule has 0 spiro atoms. The van der Waals surface area contributed by atoms with E-state index in [-0.39, 0.29) is 0 Å². The molecule has 0 amide bonds. The highest BCUT2D eigenvalue weighted by molar-refractivity contribution is 7.98. The van der Waals surface area contributed by atoms with Gasteiger partial charge >= 0.3 is 0 Å². The molecule has 0 aromatic heterocycles. The molecule has 4 heteroatoms. The van der Waals surface area contributed by atoms with Crippen LogP contribution in [-0.2, 0) is 6.42 Å². The van der Waals surface area contributed by atoms with Crippen LogP contribution >= 0.6 is 23.4 Å². The molecule has 1 rings (SSSR count). The molecule has 0 aliphatic carbocycles. The first-order chi connectivity index (χ1) is 6.69. The van der Waals surface area contributed by atoms with Crippen LogP contribution in [0.5, 0.6) is 0 Å². The highest BCUT2D eigenvalue weighted by atomic mass is 35.5. The van der Waals surface area contributed by atoms with Crippen LogP contribution in [0.4, 0.5) is 5.69 Å². The van der Waals surface area contributed by atoms with Gasteiger partial charge in [-0.2, -0.15) is 0 Å². The van der Waals surface area contributed by atoms with Gasteiger partial charge < -0.3 is 11.5 Å². The fourth-order valence-electron chi connectivity index (χ4n) is 1.27. The maximum atomic E-state index is 6.01. The Hall–Kier alpha value is -0.380. The van der Waals surface area contributed by atoms with E-state index in [1.54, 1.807) is 11.8 Å². The predicted octanol–water partition coefficient (Wildman–Crippen LogP) is 2.54. The Bertz CT molecular complexity index is 315. The summed E-state index contributed by atoms with van der Waals surface area (Å²) in [6.45, 7) is 0.705. The maximum absolute atomic E-state index is 6.01. The second-order valence-corrected chi connectivity index (χ2v) is 4.34. The van der Waals surface area contributed by atoms with E-state index in [1.807, 2.05) is 12.3 Å². The first kappa shape index (κ1) is 11.7. The third kappa shape index (κ3) is 2.80. The van der Waals surface area contributed by atoms with Crippen molar-refractivity contribution in [3.05, 3.63) is 22.7 Å². The summed E-state index contributed by atoms with van der Waals surface area (Å²) >= 11 is 7.62. The highest BCUT2D eigenvalue weighted by Crippen LogP contribution is 2.31. The van der Waals surface area contributed by atoms with Crippen LogP contribution in [0.1, 0.15) is 12.0 Å². The molecule has 0 saturated carbocycles. The van der Waals surface area contributed by atoms with Gasteiger partial charge in [-0.25, -0.2) is 0 Å². The quantitative estimate of drug-likeness (QED) is 0.618. The molecule has 1 aromatic rings. The lowest BCUT2D eigenvalue weighted by atomic mass is 10.1. The van der Waals surface area contributed by atoms with Crippen LogP contribution in [0, 0.1) is 0 Å². The standard InChI is InChI=1S/C10H15ClN2S/c1-14-9-6-7(3-2-4-12)5-8(11)10(9)13/h5-6H,2-4,12-13H2,1H3. The van der Waals surface area contributed by atoms with Crippen molar-refractivity contribution in [3.8, 4) is 0 Å². The first-order valence-electron chi connectivity index (χ1n) is 4.51. The summed E-state index contributed by atoms with van der Waals surface area (Å²) in [5, 5.41) is 0.642. The minimum absolute atomic E-state index is 0.642. The minimum Gasteiger partial charge on any atom is -0.397 e. The van der Waals surface area contributed by atoms with Crippen molar-refractivity contribution in [1.29, 1.82) is 0 Å². The van der Waals surface area contributed by atoms with Crippen LogP contribution in [-0.4, -0.2) is 12.8 Å². The third-order valence-electron chi connectivity index (χ3n) is 2.04. The van der Waals surface area contributed by atoms with Crippen LogP contribution in [0.25, 0.3) is 0 Å². The maximum Gasteiger partial charge on any atom is 0.0649 e. The number of nitrogens with two attached hydrogens (primary N) is 2. The molecule has 0 unspecified atom stereocenters. The number of thioether (sulfide) groups is 1. The van der Waals surface area contributed by atoms with Crippen molar-refractivity contribution in [3.63, 3.8) is 0 Å². The van der Waals surface area contributed by atoms with E-state index in [0.717, 1.165) is 17.7 Å². The largest absolute Gasteiger partial charge is 0.397 e. The Morgan fingerprint density at radius 1 is 1.43 bits per heavy atom. The van der Waals surface area contributed by atoms with Gasteiger partial charge in [-0.15, -0.1) is 11.8 Å². The number of aryl methyl sites for hydroxylation is 1. The highest BCUT2D eigenvalue weighted by Gasteiger charge is 2.05. The van der Waals surface area contributed by atoms with Gasteiger partial charge in [-0.3, -0.25) is 0 Å². The monoisotopic (exact) mass is 230 g/mol. The molecule has 14 heavy (non-hydrogen) atoms. The Morgan fingerprint density at radius 2 is 2.14 bits per heavy atom. The van der Waals surface area contributed by atoms with Gasteiger partial charge in [0.1, 0.15) is 0 Å². The molecular formula is C10H15ClN2S. The molecule has 0 fully saturated rings. The molecule has 4 N–H and O–H groups in total. The molecule has 0 aliphatic heterocycles. The zero-order valence-electron chi connectivity index (χ0n) is 8.22. The second-order valence-electron chi connectivity index (χ2n) is 3.09. The number of anilines is 1. The molecule has 1 aromatic carbocycles. The van der Waals surface area contributed by atoms with Crippen LogP contribution in [0.2, 0.25) is 5.02 Å². The van der Waals surface area contributed by atoms with E-state index in [9.17, 15) is 0 Å². The van der Waals surface area contributed by atoms with Crippen molar-refractivity contribution < 1.29 is 0 Å². The van der Waals surface area contributed by atoms with Gasteiger partial charge in [-0.05, 0) is 43.3 Å². The lowest BCUT2D eigenvalue weighted by molar-refractivity contribution is 0.831. The topological polar surface area (TPSA) is 52.0 Å². The van der Waals surface area contributed by atoms with Crippen LogP contribution in [0.15, 0.2) is 17.0 Å². The summed E-state index contributed by atoms with van der Waals surface area (Å²) in [4.78, 5) is 1.05. The molecule has 0 saturated heterocycles. The smallest absolute Gasteiger partial charge is 0.0649 e. The SMILES string of the molecule is CSc1cc(CCCN)cc(Cl)c1N.